The van der Waals surface area contributed by atoms with Gasteiger partial charge in [0.25, 0.3) is 5.91 Å². The van der Waals surface area contributed by atoms with E-state index in [1.54, 1.807) is 6.92 Å². The van der Waals surface area contributed by atoms with Crippen LogP contribution in [0.25, 0.3) is 0 Å². The Morgan fingerprint density at radius 1 is 1.07 bits per heavy atom. The van der Waals surface area contributed by atoms with Gasteiger partial charge in [0, 0.05) is 18.6 Å². The number of Topliss-reactive ketones (excluding diaryl/α,β-unsaturated/α-hetero) is 1. The van der Waals surface area contributed by atoms with E-state index in [-0.39, 0.29) is 47.2 Å². The second-order valence-corrected chi connectivity index (χ2v) is 14.8. The van der Waals surface area contributed by atoms with E-state index in [0.29, 0.717) is 36.6 Å². The van der Waals surface area contributed by atoms with Gasteiger partial charge in [0.15, 0.2) is 6.61 Å². The normalized spacial score (nSPS) is 39.5. The van der Waals surface area contributed by atoms with Gasteiger partial charge in [0.1, 0.15) is 5.78 Å². The summed E-state index contributed by atoms with van der Waals surface area (Å²) < 4.78 is 5.78. The fourth-order valence-electron chi connectivity index (χ4n) is 9.88. The van der Waals surface area contributed by atoms with Crippen LogP contribution >= 0.6 is 0 Å². The topological polar surface area (TPSA) is 114 Å². The van der Waals surface area contributed by atoms with Crippen molar-refractivity contribution in [1.29, 1.82) is 0 Å². The van der Waals surface area contributed by atoms with Gasteiger partial charge >= 0.3 is 5.97 Å². The van der Waals surface area contributed by atoms with Gasteiger partial charge in [-0.3, -0.25) is 14.4 Å². The van der Waals surface area contributed by atoms with Gasteiger partial charge in [0.2, 0.25) is 0 Å². The Kier molecular flexibility index (Phi) is 8.45. The number of hydrogen-bond donors (Lipinski definition) is 2. The first-order valence-corrected chi connectivity index (χ1v) is 15.9. The molecule has 0 unspecified atom stereocenters. The second kappa shape index (κ2) is 11.5. The van der Waals surface area contributed by atoms with Crippen molar-refractivity contribution in [3.8, 4) is 0 Å². The first kappa shape index (κ1) is 30.2. The number of nitrogens with one attached hydrogen (secondary N) is 1. The largest absolute Gasteiger partial charge is 0.481 e. The maximum atomic E-state index is 12.7. The third-order valence-electron chi connectivity index (χ3n) is 11.9. The number of carboxylic acids is 1. The highest BCUT2D eigenvalue weighted by Gasteiger charge is 2.59. The van der Waals surface area contributed by atoms with Crippen LogP contribution in [-0.4, -0.2) is 53.3 Å². The third-order valence-corrected chi connectivity index (χ3v) is 11.9. The Morgan fingerprint density at radius 2 is 1.85 bits per heavy atom. The first-order valence-electron chi connectivity index (χ1n) is 15.9. The number of amides is 1. The van der Waals surface area contributed by atoms with E-state index in [1.165, 1.54) is 24.8 Å². The van der Waals surface area contributed by atoms with Gasteiger partial charge < -0.3 is 20.0 Å². The SMILES string of the molecule is CC(=O)[C@@H]1CC[C@@H]2[C@@H]3CCC4=CC(=NOCC(=O)N[C@H](CC(=O)O)[C@@H]5CCOC(C)(C)C5)CC[C@]4(C)[C@H]3CC[C@@]21C. The van der Waals surface area contributed by atoms with Crippen LogP contribution in [0.5, 0.6) is 0 Å². The van der Waals surface area contributed by atoms with E-state index in [2.05, 4.69) is 30.4 Å². The number of allylic oxidation sites excluding steroid dienone is 2. The molecule has 0 bridgehead atoms. The van der Waals surface area contributed by atoms with E-state index < -0.39 is 12.0 Å². The summed E-state index contributed by atoms with van der Waals surface area (Å²) in [5.41, 5.74) is 2.35. The lowest BCUT2D eigenvalue weighted by Crippen LogP contribution is -2.51. The van der Waals surface area contributed by atoms with Crippen LogP contribution in [0, 0.1) is 40.4 Å². The molecule has 3 saturated carbocycles. The highest BCUT2D eigenvalue weighted by Crippen LogP contribution is 2.66. The van der Waals surface area contributed by atoms with Crippen molar-refractivity contribution in [1.82, 2.24) is 5.32 Å². The molecule has 0 aromatic heterocycles. The van der Waals surface area contributed by atoms with Crippen LogP contribution in [0.3, 0.4) is 0 Å². The molecule has 5 rings (SSSR count). The fraction of sp³-hybridized carbons (Fsp3) is 0.818. The van der Waals surface area contributed by atoms with Crippen LogP contribution in [0.15, 0.2) is 16.8 Å². The highest BCUT2D eigenvalue weighted by atomic mass is 16.6. The number of carbonyl (C=O) groups excluding carboxylic acids is 2. The monoisotopic (exact) mass is 570 g/mol. The Hall–Kier alpha value is -2.22. The molecular weight excluding hydrogens is 520 g/mol. The molecule has 1 aliphatic heterocycles. The summed E-state index contributed by atoms with van der Waals surface area (Å²) in [7, 11) is 0. The Morgan fingerprint density at radius 3 is 2.56 bits per heavy atom. The minimum Gasteiger partial charge on any atom is -0.481 e. The number of fused-ring (bicyclic) bond motifs is 5. The molecule has 8 atom stereocenters. The average molecular weight is 571 g/mol. The number of nitrogens with zero attached hydrogens (tertiary/aromatic N) is 1. The zero-order valence-electron chi connectivity index (χ0n) is 25.7. The van der Waals surface area contributed by atoms with E-state index in [1.807, 2.05) is 13.8 Å². The molecule has 4 fully saturated rings. The van der Waals surface area contributed by atoms with Gasteiger partial charge in [-0.2, -0.15) is 0 Å². The lowest BCUT2D eigenvalue weighted by atomic mass is 9.46. The number of aliphatic carboxylic acids is 1. The number of oxime groups is 1. The average Bonchev–Trinajstić information content (AvgIpc) is 3.25. The number of ketones is 1. The highest BCUT2D eigenvalue weighted by molar-refractivity contribution is 5.96. The van der Waals surface area contributed by atoms with Gasteiger partial charge in [0.05, 0.1) is 17.7 Å². The van der Waals surface area contributed by atoms with Gasteiger partial charge in [-0.15, -0.1) is 0 Å². The van der Waals surface area contributed by atoms with E-state index in [0.717, 1.165) is 44.2 Å². The minimum absolute atomic E-state index is 0.0382. The molecule has 2 N–H and O–H groups in total. The van der Waals surface area contributed by atoms with Gasteiger partial charge in [-0.1, -0.05) is 24.6 Å². The van der Waals surface area contributed by atoms with Gasteiger partial charge in [-0.25, -0.2) is 0 Å². The maximum absolute atomic E-state index is 12.7. The third kappa shape index (κ3) is 6.00. The number of carbonyl (C=O) groups is 3. The molecule has 8 nitrogen and oxygen atoms in total. The second-order valence-electron chi connectivity index (χ2n) is 14.8. The van der Waals surface area contributed by atoms with E-state index >= 15 is 0 Å². The molecule has 1 heterocycles. The van der Waals surface area contributed by atoms with Gasteiger partial charge in [-0.05, 0) is 126 Å². The molecule has 0 aromatic rings. The molecule has 1 saturated heterocycles. The summed E-state index contributed by atoms with van der Waals surface area (Å²) >= 11 is 0. The summed E-state index contributed by atoms with van der Waals surface area (Å²) in [6.45, 7) is 11.0. The number of hydrogen-bond acceptors (Lipinski definition) is 6. The molecule has 5 aliphatic rings. The van der Waals surface area contributed by atoms with Crippen LogP contribution in [0.2, 0.25) is 0 Å². The summed E-state index contributed by atoms with van der Waals surface area (Å²) in [4.78, 5) is 42.2. The number of rotatable bonds is 8. The molecule has 41 heavy (non-hydrogen) atoms. The molecule has 1 amide bonds. The lowest BCUT2D eigenvalue weighted by molar-refractivity contribution is -0.140. The predicted octanol–water partition coefficient (Wildman–Crippen LogP) is 5.69. The number of carboxylic acid groups (broad SMARTS) is 1. The molecule has 0 spiro atoms. The number of ether oxygens (including phenoxy) is 1. The Balaban J connectivity index is 1.19. The zero-order chi connectivity index (χ0) is 29.6. The van der Waals surface area contributed by atoms with E-state index in [9.17, 15) is 19.5 Å². The predicted molar refractivity (Wildman–Crippen MR) is 156 cm³/mol. The van der Waals surface area contributed by atoms with Crippen molar-refractivity contribution in [3.05, 3.63) is 11.6 Å². The standard InChI is InChI=1S/C33H50N2O6/c1-20(36)25-8-9-26-24-7-6-22-16-23(10-13-32(22,4)27(24)11-14-33(25,26)5)35-41-19-29(37)34-28(17-30(38)39)21-12-15-40-31(2,3)18-21/h16,21,24-28H,6-15,17-19H2,1-5H3,(H,34,37)(H,38,39)/t21-,24+,25+,26-,27+,28-,32+,33-/m1/s1. The van der Waals surface area contributed by atoms with E-state index in [4.69, 9.17) is 9.57 Å². The van der Waals surface area contributed by atoms with Crippen molar-refractivity contribution in [2.24, 2.45) is 45.6 Å². The Labute approximate surface area is 245 Å². The molecule has 0 aromatic carbocycles. The maximum Gasteiger partial charge on any atom is 0.305 e. The smallest absolute Gasteiger partial charge is 0.305 e. The fourth-order valence-corrected chi connectivity index (χ4v) is 9.88. The van der Waals surface area contributed by atoms with Crippen LogP contribution in [0.1, 0.15) is 105 Å². The Bertz CT molecular complexity index is 1110. The summed E-state index contributed by atoms with van der Waals surface area (Å²) in [6, 6.07) is -0.463. The summed E-state index contributed by atoms with van der Waals surface area (Å²) in [6.07, 6.45) is 12.2. The van der Waals surface area contributed by atoms with Crippen LogP contribution < -0.4 is 5.32 Å². The molecule has 228 valence electrons. The van der Waals surface area contributed by atoms with Crippen LogP contribution in [-0.2, 0) is 24.0 Å². The first-order chi connectivity index (χ1) is 19.3. The zero-order valence-corrected chi connectivity index (χ0v) is 25.7. The van der Waals surface area contributed by atoms with Crippen LogP contribution in [0.4, 0.5) is 0 Å². The van der Waals surface area contributed by atoms with Crippen molar-refractivity contribution in [3.63, 3.8) is 0 Å². The molecular formula is C33H50N2O6. The molecule has 4 aliphatic carbocycles. The molecule has 0 radical (unpaired) electrons. The van der Waals surface area contributed by atoms with Crippen molar-refractivity contribution < 1.29 is 29.1 Å². The van der Waals surface area contributed by atoms with Crippen molar-refractivity contribution >= 4 is 23.4 Å². The van der Waals surface area contributed by atoms with Crippen molar-refractivity contribution in [2.75, 3.05) is 13.2 Å². The molecule has 8 heteroatoms. The quantitative estimate of drug-likeness (QED) is 0.362. The summed E-state index contributed by atoms with van der Waals surface area (Å²) in [5, 5.41) is 16.7. The lowest BCUT2D eigenvalue weighted by Gasteiger charge is -2.58. The van der Waals surface area contributed by atoms with Crippen molar-refractivity contribution in [2.45, 2.75) is 117 Å². The minimum atomic E-state index is -0.929. The summed E-state index contributed by atoms with van der Waals surface area (Å²) in [5.74, 6) is 1.39.